The summed E-state index contributed by atoms with van der Waals surface area (Å²) in [5.41, 5.74) is 9.29. The van der Waals surface area contributed by atoms with Crippen molar-refractivity contribution in [3.05, 3.63) is 71.4 Å². The number of ketones is 1. The Morgan fingerprint density at radius 1 is 1.05 bits per heavy atom. The van der Waals surface area contributed by atoms with Crippen LogP contribution >= 0.6 is 0 Å². The van der Waals surface area contributed by atoms with Crippen LogP contribution in [0.25, 0.3) is 10.9 Å². The summed E-state index contributed by atoms with van der Waals surface area (Å²) in [6, 6.07) is 16.7. The lowest BCUT2D eigenvalue weighted by atomic mass is 10.0. The second-order valence-electron chi connectivity index (χ2n) is 4.81. The van der Waals surface area contributed by atoms with Crippen LogP contribution in [0.1, 0.15) is 21.6 Å². The lowest BCUT2D eigenvalue weighted by molar-refractivity contribution is 0.103. The number of carbonyl (C=O) groups excluding carboxylic acids is 1. The average molecular weight is 262 g/mol. The van der Waals surface area contributed by atoms with E-state index in [2.05, 4.69) is 4.98 Å². The van der Waals surface area contributed by atoms with Gasteiger partial charge >= 0.3 is 0 Å². The van der Waals surface area contributed by atoms with Gasteiger partial charge in [0, 0.05) is 10.9 Å². The molecule has 0 unspecified atom stereocenters. The van der Waals surface area contributed by atoms with Crippen molar-refractivity contribution in [2.24, 2.45) is 0 Å². The van der Waals surface area contributed by atoms with Crippen molar-refractivity contribution in [1.29, 1.82) is 0 Å². The number of nitrogens with zero attached hydrogens (tertiary/aromatic N) is 1. The third-order valence-electron chi connectivity index (χ3n) is 3.26. The Labute approximate surface area is 117 Å². The van der Waals surface area contributed by atoms with Gasteiger partial charge in [0.1, 0.15) is 5.69 Å². The summed E-state index contributed by atoms with van der Waals surface area (Å²) in [5.74, 6) is -0.0844. The van der Waals surface area contributed by atoms with Gasteiger partial charge in [-0.3, -0.25) is 4.79 Å². The first-order valence-corrected chi connectivity index (χ1v) is 6.42. The van der Waals surface area contributed by atoms with E-state index >= 15 is 0 Å². The number of aromatic nitrogens is 1. The molecular weight excluding hydrogens is 248 g/mol. The molecular formula is C17H14N2O. The van der Waals surface area contributed by atoms with Crippen LogP contribution < -0.4 is 5.73 Å². The zero-order chi connectivity index (χ0) is 14.1. The standard InChI is InChI=1S/C17H14N2O/c1-11-4-2-6-13(10-11)17(20)15-9-8-12-5-3-7-14(18)16(12)19-15/h2-10H,18H2,1H3. The highest BCUT2D eigenvalue weighted by atomic mass is 16.1. The highest BCUT2D eigenvalue weighted by Crippen LogP contribution is 2.20. The Balaban J connectivity index is 2.10. The molecule has 0 saturated carbocycles. The number of benzene rings is 2. The number of nitrogens with two attached hydrogens (primary N) is 1. The molecule has 1 aromatic heterocycles. The van der Waals surface area contributed by atoms with E-state index in [0.717, 1.165) is 10.9 Å². The van der Waals surface area contributed by atoms with Crippen LogP contribution in [-0.4, -0.2) is 10.8 Å². The summed E-state index contributed by atoms with van der Waals surface area (Å²) in [6.07, 6.45) is 0. The zero-order valence-electron chi connectivity index (χ0n) is 11.1. The number of para-hydroxylation sites is 1. The molecule has 0 radical (unpaired) electrons. The topological polar surface area (TPSA) is 56.0 Å². The maximum atomic E-state index is 12.5. The van der Waals surface area contributed by atoms with Gasteiger partial charge in [-0.2, -0.15) is 0 Å². The number of nitrogen functional groups attached to an aromatic ring is 1. The van der Waals surface area contributed by atoms with E-state index in [9.17, 15) is 4.79 Å². The highest BCUT2D eigenvalue weighted by molar-refractivity contribution is 6.09. The summed E-state index contributed by atoms with van der Waals surface area (Å²) in [6.45, 7) is 1.96. The fourth-order valence-electron chi connectivity index (χ4n) is 2.23. The van der Waals surface area contributed by atoms with Gasteiger partial charge in [0.05, 0.1) is 11.2 Å². The van der Waals surface area contributed by atoms with E-state index in [0.29, 0.717) is 22.5 Å². The smallest absolute Gasteiger partial charge is 0.211 e. The minimum atomic E-state index is -0.0844. The Hall–Kier alpha value is -2.68. The van der Waals surface area contributed by atoms with E-state index in [1.165, 1.54) is 0 Å². The van der Waals surface area contributed by atoms with Gasteiger partial charge in [-0.25, -0.2) is 4.98 Å². The van der Waals surface area contributed by atoms with Crippen LogP contribution in [0.15, 0.2) is 54.6 Å². The van der Waals surface area contributed by atoms with E-state index in [4.69, 9.17) is 5.73 Å². The van der Waals surface area contributed by atoms with E-state index in [-0.39, 0.29) is 5.78 Å². The minimum Gasteiger partial charge on any atom is -0.397 e. The zero-order valence-corrected chi connectivity index (χ0v) is 11.1. The van der Waals surface area contributed by atoms with Crippen molar-refractivity contribution in [3.8, 4) is 0 Å². The lowest BCUT2D eigenvalue weighted by Gasteiger charge is -2.05. The molecule has 20 heavy (non-hydrogen) atoms. The van der Waals surface area contributed by atoms with Gasteiger partial charge in [-0.1, -0.05) is 42.0 Å². The maximum Gasteiger partial charge on any atom is 0.211 e. The molecule has 0 saturated heterocycles. The first-order valence-electron chi connectivity index (χ1n) is 6.42. The van der Waals surface area contributed by atoms with Gasteiger partial charge in [0.25, 0.3) is 0 Å². The summed E-state index contributed by atoms with van der Waals surface area (Å²) in [4.78, 5) is 16.9. The second-order valence-corrected chi connectivity index (χ2v) is 4.81. The molecule has 3 nitrogen and oxygen atoms in total. The molecule has 0 spiro atoms. The van der Waals surface area contributed by atoms with Crippen molar-refractivity contribution in [2.75, 3.05) is 5.73 Å². The molecule has 3 rings (SSSR count). The van der Waals surface area contributed by atoms with Crippen molar-refractivity contribution >= 4 is 22.4 Å². The molecule has 98 valence electrons. The number of anilines is 1. The number of aryl methyl sites for hydroxylation is 1. The van der Waals surface area contributed by atoms with Gasteiger partial charge in [0.15, 0.2) is 0 Å². The first kappa shape index (κ1) is 12.4. The Kier molecular flexibility index (Phi) is 2.95. The average Bonchev–Trinajstić information content (AvgIpc) is 2.47. The lowest BCUT2D eigenvalue weighted by Crippen LogP contribution is -2.05. The van der Waals surface area contributed by atoms with Crippen LogP contribution in [-0.2, 0) is 0 Å². The third kappa shape index (κ3) is 2.14. The third-order valence-corrected chi connectivity index (χ3v) is 3.26. The van der Waals surface area contributed by atoms with Crippen molar-refractivity contribution < 1.29 is 4.79 Å². The summed E-state index contributed by atoms with van der Waals surface area (Å²) >= 11 is 0. The number of hydrogen-bond donors (Lipinski definition) is 1. The fraction of sp³-hybridized carbons (Fsp3) is 0.0588. The van der Waals surface area contributed by atoms with Gasteiger partial charge in [0.2, 0.25) is 5.78 Å². The molecule has 3 aromatic rings. The van der Waals surface area contributed by atoms with Crippen LogP contribution in [0, 0.1) is 6.92 Å². The van der Waals surface area contributed by atoms with Gasteiger partial charge < -0.3 is 5.73 Å². The molecule has 0 aliphatic carbocycles. The van der Waals surface area contributed by atoms with E-state index < -0.39 is 0 Å². The molecule has 2 aromatic carbocycles. The molecule has 2 N–H and O–H groups in total. The molecule has 3 heteroatoms. The molecule has 0 amide bonds. The first-order chi connectivity index (χ1) is 9.65. The van der Waals surface area contributed by atoms with Crippen LogP contribution in [0.2, 0.25) is 0 Å². The van der Waals surface area contributed by atoms with Gasteiger partial charge in [-0.05, 0) is 25.1 Å². The highest BCUT2D eigenvalue weighted by Gasteiger charge is 2.12. The van der Waals surface area contributed by atoms with Crippen LogP contribution in [0.3, 0.4) is 0 Å². The van der Waals surface area contributed by atoms with Crippen molar-refractivity contribution in [1.82, 2.24) is 4.98 Å². The Morgan fingerprint density at radius 3 is 2.65 bits per heavy atom. The second kappa shape index (κ2) is 4.78. The van der Waals surface area contributed by atoms with Crippen LogP contribution in [0.4, 0.5) is 5.69 Å². The molecule has 1 heterocycles. The maximum absolute atomic E-state index is 12.5. The van der Waals surface area contributed by atoms with Crippen LogP contribution in [0.5, 0.6) is 0 Å². The van der Waals surface area contributed by atoms with Crippen molar-refractivity contribution in [2.45, 2.75) is 6.92 Å². The van der Waals surface area contributed by atoms with E-state index in [1.54, 1.807) is 18.2 Å². The predicted octanol–water partition coefficient (Wildman–Crippen LogP) is 3.36. The number of fused-ring (bicyclic) bond motifs is 1. The monoisotopic (exact) mass is 262 g/mol. The largest absolute Gasteiger partial charge is 0.397 e. The number of rotatable bonds is 2. The Morgan fingerprint density at radius 2 is 1.85 bits per heavy atom. The summed E-state index contributed by atoms with van der Waals surface area (Å²) < 4.78 is 0. The predicted molar refractivity (Wildman–Crippen MR) is 80.8 cm³/mol. The summed E-state index contributed by atoms with van der Waals surface area (Å²) in [5, 5.41) is 0.936. The fourth-order valence-corrected chi connectivity index (χ4v) is 2.23. The van der Waals surface area contributed by atoms with Gasteiger partial charge in [-0.15, -0.1) is 0 Å². The van der Waals surface area contributed by atoms with Crippen molar-refractivity contribution in [3.63, 3.8) is 0 Å². The Bertz CT molecular complexity index is 809. The minimum absolute atomic E-state index is 0.0844. The number of hydrogen-bond acceptors (Lipinski definition) is 3. The molecule has 0 bridgehead atoms. The molecule has 0 aliphatic rings. The van der Waals surface area contributed by atoms with E-state index in [1.807, 2.05) is 43.3 Å². The molecule has 0 atom stereocenters. The molecule has 0 aliphatic heterocycles. The quantitative estimate of drug-likeness (QED) is 0.569. The molecule has 0 fully saturated rings. The number of carbonyl (C=O) groups is 1. The normalized spacial score (nSPS) is 10.7. The number of pyridine rings is 1. The SMILES string of the molecule is Cc1cccc(C(=O)c2ccc3cccc(N)c3n2)c1. The summed E-state index contributed by atoms with van der Waals surface area (Å²) in [7, 11) is 0.